The Balaban J connectivity index is 1.66. The third-order valence-electron chi connectivity index (χ3n) is 4.48. The SMILES string of the molecule is COC1CN(CC2CCC(CNCC(C)C)O2)CC1OC. The Bertz CT molecular complexity index is 289. The van der Waals surface area contributed by atoms with Gasteiger partial charge in [-0.1, -0.05) is 13.8 Å². The fourth-order valence-corrected chi connectivity index (χ4v) is 3.31. The van der Waals surface area contributed by atoms with Crippen LogP contribution in [0, 0.1) is 5.92 Å². The quantitative estimate of drug-likeness (QED) is 0.728. The van der Waals surface area contributed by atoms with Gasteiger partial charge in [-0.15, -0.1) is 0 Å². The van der Waals surface area contributed by atoms with Crippen molar-refractivity contribution in [1.29, 1.82) is 0 Å². The van der Waals surface area contributed by atoms with Gasteiger partial charge in [-0.05, 0) is 25.3 Å². The van der Waals surface area contributed by atoms with Gasteiger partial charge in [0.15, 0.2) is 0 Å². The van der Waals surface area contributed by atoms with E-state index in [1.54, 1.807) is 14.2 Å². The van der Waals surface area contributed by atoms with Gasteiger partial charge >= 0.3 is 0 Å². The minimum atomic E-state index is 0.194. The van der Waals surface area contributed by atoms with E-state index < -0.39 is 0 Å². The van der Waals surface area contributed by atoms with Gasteiger partial charge in [0.2, 0.25) is 0 Å². The topological polar surface area (TPSA) is 43.0 Å². The lowest BCUT2D eigenvalue weighted by molar-refractivity contribution is -0.00461. The summed E-state index contributed by atoms with van der Waals surface area (Å²) in [6.07, 6.45) is 3.47. The van der Waals surface area contributed by atoms with Gasteiger partial charge in [0.05, 0.1) is 24.4 Å². The van der Waals surface area contributed by atoms with Crippen molar-refractivity contribution in [2.75, 3.05) is 46.9 Å². The molecule has 0 saturated carbocycles. The molecule has 4 atom stereocenters. The summed E-state index contributed by atoms with van der Waals surface area (Å²) in [6.45, 7) is 9.42. The summed E-state index contributed by atoms with van der Waals surface area (Å²) in [4.78, 5) is 2.41. The molecule has 2 saturated heterocycles. The number of rotatable bonds is 8. The highest BCUT2D eigenvalue weighted by molar-refractivity contribution is 4.88. The number of hydrogen-bond donors (Lipinski definition) is 1. The molecule has 0 aromatic heterocycles. The summed E-state index contributed by atoms with van der Waals surface area (Å²) in [7, 11) is 3.53. The van der Waals surface area contributed by atoms with Crippen LogP contribution in [0.1, 0.15) is 26.7 Å². The van der Waals surface area contributed by atoms with Crippen molar-refractivity contribution in [3.63, 3.8) is 0 Å². The molecule has 0 aromatic carbocycles. The molecule has 124 valence electrons. The van der Waals surface area contributed by atoms with Crippen LogP contribution in [0.4, 0.5) is 0 Å². The molecule has 2 aliphatic rings. The maximum Gasteiger partial charge on any atom is 0.0971 e. The van der Waals surface area contributed by atoms with E-state index in [4.69, 9.17) is 14.2 Å². The van der Waals surface area contributed by atoms with Crippen LogP contribution in [0.25, 0.3) is 0 Å². The third kappa shape index (κ3) is 5.18. The first kappa shape index (κ1) is 17.2. The average molecular weight is 300 g/mol. The number of nitrogens with zero attached hydrogens (tertiary/aromatic N) is 1. The van der Waals surface area contributed by atoms with Crippen molar-refractivity contribution in [2.45, 2.75) is 51.1 Å². The summed E-state index contributed by atoms with van der Waals surface area (Å²) in [5.41, 5.74) is 0. The lowest BCUT2D eigenvalue weighted by atomic mass is 10.2. The van der Waals surface area contributed by atoms with Gasteiger partial charge in [0, 0.05) is 40.4 Å². The van der Waals surface area contributed by atoms with Crippen LogP contribution in [0.15, 0.2) is 0 Å². The van der Waals surface area contributed by atoms with Crippen molar-refractivity contribution in [3.05, 3.63) is 0 Å². The molecule has 0 aliphatic carbocycles. The van der Waals surface area contributed by atoms with E-state index in [2.05, 4.69) is 24.1 Å². The normalized spacial score (nSPS) is 34.1. The Morgan fingerprint density at radius 3 is 2.29 bits per heavy atom. The van der Waals surface area contributed by atoms with Gasteiger partial charge in [-0.2, -0.15) is 0 Å². The minimum Gasteiger partial charge on any atom is -0.377 e. The molecular weight excluding hydrogens is 268 g/mol. The largest absolute Gasteiger partial charge is 0.377 e. The first-order valence-electron chi connectivity index (χ1n) is 8.26. The molecule has 4 unspecified atom stereocenters. The Morgan fingerprint density at radius 2 is 1.71 bits per heavy atom. The van der Waals surface area contributed by atoms with Crippen molar-refractivity contribution >= 4 is 0 Å². The zero-order valence-electron chi connectivity index (χ0n) is 14.0. The van der Waals surface area contributed by atoms with Gasteiger partial charge in [-0.3, -0.25) is 4.90 Å². The van der Waals surface area contributed by atoms with Crippen LogP contribution < -0.4 is 5.32 Å². The molecule has 1 N–H and O–H groups in total. The molecule has 2 heterocycles. The zero-order valence-corrected chi connectivity index (χ0v) is 14.0. The summed E-state index contributed by atoms with van der Waals surface area (Å²) in [5.74, 6) is 0.698. The smallest absolute Gasteiger partial charge is 0.0971 e. The minimum absolute atomic E-state index is 0.194. The van der Waals surface area contributed by atoms with Crippen LogP contribution in [-0.4, -0.2) is 76.3 Å². The van der Waals surface area contributed by atoms with Crippen LogP contribution >= 0.6 is 0 Å². The average Bonchev–Trinajstić information content (AvgIpc) is 3.05. The summed E-state index contributed by atoms with van der Waals surface area (Å²) < 4.78 is 17.1. The van der Waals surface area contributed by atoms with Crippen molar-refractivity contribution < 1.29 is 14.2 Å². The van der Waals surface area contributed by atoms with Gasteiger partial charge in [0.1, 0.15) is 0 Å². The van der Waals surface area contributed by atoms with Crippen LogP contribution in [0.3, 0.4) is 0 Å². The highest BCUT2D eigenvalue weighted by Crippen LogP contribution is 2.23. The predicted octanol–water partition coefficient (Wildman–Crippen LogP) is 1.13. The molecular formula is C16H32N2O3. The number of likely N-dealkylation sites (tertiary alicyclic amines) is 1. The molecule has 0 aromatic rings. The molecule has 5 nitrogen and oxygen atoms in total. The van der Waals surface area contributed by atoms with Crippen molar-refractivity contribution in [2.24, 2.45) is 5.92 Å². The number of hydrogen-bond acceptors (Lipinski definition) is 5. The molecule has 0 spiro atoms. The first-order valence-corrected chi connectivity index (χ1v) is 8.26. The van der Waals surface area contributed by atoms with Gasteiger partial charge in [0.25, 0.3) is 0 Å². The summed E-state index contributed by atoms with van der Waals surface area (Å²) in [5, 5.41) is 3.49. The van der Waals surface area contributed by atoms with E-state index in [1.165, 1.54) is 12.8 Å². The molecule has 21 heavy (non-hydrogen) atoms. The van der Waals surface area contributed by atoms with Crippen LogP contribution in [0.2, 0.25) is 0 Å². The lowest BCUT2D eigenvalue weighted by Gasteiger charge is -2.21. The maximum absolute atomic E-state index is 6.16. The number of ether oxygens (including phenoxy) is 3. The van der Waals surface area contributed by atoms with Gasteiger partial charge < -0.3 is 19.5 Å². The molecule has 5 heteroatoms. The Kier molecular flexibility index (Phi) is 6.89. The van der Waals surface area contributed by atoms with Crippen molar-refractivity contribution in [1.82, 2.24) is 10.2 Å². The van der Waals surface area contributed by atoms with Gasteiger partial charge in [-0.25, -0.2) is 0 Å². The van der Waals surface area contributed by atoms with E-state index >= 15 is 0 Å². The highest BCUT2D eigenvalue weighted by atomic mass is 16.5. The predicted molar refractivity (Wildman–Crippen MR) is 83.6 cm³/mol. The summed E-state index contributed by atoms with van der Waals surface area (Å²) in [6, 6.07) is 0. The highest BCUT2D eigenvalue weighted by Gasteiger charge is 2.35. The molecule has 0 radical (unpaired) electrons. The second-order valence-corrected chi connectivity index (χ2v) is 6.78. The van der Waals surface area contributed by atoms with Crippen LogP contribution in [0.5, 0.6) is 0 Å². The second kappa shape index (κ2) is 8.44. The Hall–Kier alpha value is -0.200. The van der Waals surface area contributed by atoms with Crippen LogP contribution in [-0.2, 0) is 14.2 Å². The first-order chi connectivity index (χ1) is 10.1. The zero-order chi connectivity index (χ0) is 15.2. The van der Waals surface area contributed by atoms with E-state index in [9.17, 15) is 0 Å². The monoisotopic (exact) mass is 300 g/mol. The van der Waals surface area contributed by atoms with E-state index in [1.807, 2.05) is 0 Å². The molecule has 2 aliphatic heterocycles. The fourth-order valence-electron chi connectivity index (χ4n) is 3.31. The number of methoxy groups -OCH3 is 2. The Labute approximate surface area is 129 Å². The fraction of sp³-hybridized carbons (Fsp3) is 1.00. The Morgan fingerprint density at radius 1 is 1.10 bits per heavy atom. The second-order valence-electron chi connectivity index (χ2n) is 6.78. The maximum atomic E-state index is 6.16. The molecule has 2 fully saturated rings. The molecule has 2 rings (SSSR count). The molecule has 0 amide bonds. The van der Waals surface area contributed by atoms with E-state index in [-0.39, 0.29) is 12.2 Å². The summed E-state index contributed by atoms with van der Waals surface area (Å²) >= 11 is 0. The third-order valence-corrected chi connectivity index (χ3v) is 4.48. The lowest BCUT2D eigenvalue weighted by Crippen LogP contribution is -2.34. The number of nitrogens with one attached hydrogen (secondary N) is 1. The van der Waals surface area contributed by atoms with Crippen molar-refractivity contribution in [3.8, 4) is 0 Å². The molecule has 0 bridgehead atoms. The standard InChI is InChI=1S/C16H32N2O3/c1-12(2)7-17-8-13-5-6-14(21-13)9-18-10-15(19-3)16(11-18)20-4/h12-17H,5-11H2,1-4H3. The van der Waals surface area contributed by atoms with E-state index in [0.717, 1.165) is 32.7 Å². The van der Waals surface area contributed by atoms with E-state index in [0.29, 0.717) is 18.1 Å².